The lowest BCUT2D eigenvalue weighted by Gasteiger charge is -2.38. The van der Waals surface area contributed by atoms with Crippen LogP contribution >= 0.6 is 0 Å². The van der Waals surface area contributed by atoms with Crippen molar-refractivity contribution >= 4 is 29.1 Å². The van der Waals surface area contributed by atoms with Crippen molar-refractivity contribution in [3.63, 3.8) is 0 Å². The molecule has 2 unspecified atom stereocenters. The van der Waals surface area contributed by atoms with Crippen LogP contribution in [0.1, 0.15) is 35.7 Å². The molecular weight excluding hydrogens is 416 g/mol. The lowest BCUT2D eigenvalue weighted by molar-refractivity contribution is -0.139. The Kier molecular flexibility index (Phi) is 6.77. The molecule has 2 aliphatic rings. The zero-order valence-corrected chi connectivity index (χ0v) is 19.1. The van der Waals surface area contributed by atoms with Gasteiger partial charge in [0.05, 0.1) is 17.5 Å². The second kappa shape index (κ2) is 9.90. The van der Waals surface area contributed by atoms with Crippen LogP contribution in [-0.4, -0.2) is 37.4 Å². The van der Waals surface area contributed by atoms with Crippen molar-refractivity contribution in [2.75, 3.05) is 29.5 Å². The van der Waals surface area contributed by atoms with E-state index < -0.39 is 0 Å². The molecule has 2 atom stereocenters. The first-order chi connectivity index (χ1) is 16.0. The van der Waals surface area contributed by atoms with Gasteiger partial charge in [-0.2, -0.15) is 0 Å². The number of hydrogen-bond donors (Lipinski definition) is 2. The first kappa shape index (κ1) is 22.6. The number of carbonyl (C=O) groups excluding carboxylic acids is 3. The second-order valence-electron chi connectivity index (χ2n) is 8.53. The third-order valence-corrected chi connectivity index (χ3v) is 6.31. The van der Waals surface area contributed by atoms with E-state index in [1.54, 1.807) is 24.3 Å². The monoisotopic (exact) mass is 446 g/mol. The van der Waals surface area contributed by atoms with Gasteiger partial charge in [0.15, 0.2) is 0 Å². The van der Waals surface area contributed by atoms with Gasteiger partial charge in [-0.25, -0.2) is 5.01 Å². The molecule has 4 rings (SSSR count). The van der Waals surface area contributed by atoms with Gasteiger partial charge in [-0.05, 0) is 62.6 Å². The average Bonchev–Trinajstić information content (AvgIpc) is 2.84. The van der Waals surface area contributed by atoms with Crippen LogP contribution in [0.25, 0.3) is 0 Å². The Hall–Kier alpha value is -3.61. The molecule has 1 aliphatic heterocycles. The molecule has 2 aromatic rings. The Morgan fingerprint density at radius 1 is 1.09 bits per heavy atom. The number of hydrogen-bond acceptors (Lipinski definition) is 4. The van der Waals surface area contributed by atoms with Gasteiger partial charge in [-0.1, -0.05) is 30.4 Å². The van der Waals surface area contributed by atoms with Gasteiger partial charge in [-0.3, -0.25) is 19.8 Å². The molecule has 1 saturated heterocycles. The number of aryl methyl sites for hydroxylation is 1. The standard InChI is InChI=1S/C26H30N4O3/c1-3-29(20-10-6-8-18(2)16-20)15-14-27-24(31)19-9-7-11-21(17-19)30-26(33)23-13-5-4-12-22(23)25(32)28-30/h4-11,16-17,22-23H,3,12-15H2,1-2H3,(H,27,31)(H,28,32). The van der Waals surface area contributed by atoms with Crippen molar-refractivity contribution in [2.24, 2.45) is 11.8 Å². The lowest BCUT2D eigenvalue weighted by Crippen LogP contribution is -2.59. The van der Waals surface area contributed by atoms with E-state index in [9.17, 15) is 14.4 Å². The third-order valence-electron chi connectivity index (χ3n) is 6.31. The van der Waals surface area contributed by atoms with Crippen molar-refractivity contribution in [2.45, 2.75) is 26.7 Å². The number of rotatable bonds is 7. The highest BCUT2D eigenvalue weighted by Gasteiger charge is 2.42. The summed E-state index contributed by atoms with van der Waals surface area (Å²) in [6.07, 6.45) is 5.04. The Morgan fingerprint density at radius 2 is 1.85 bits per heavy atom. The minimum absolute atomic E-state index is 0.141. The summed E-state index contributed by atoms with van der Waals surface area (Å²) in [5.41, 5.74) is 5.97. The third kappa shape index (κ3) is 4.92. The van der Waals surface area contributed by atoms with E-state index >= 15 is 0 Å². The molecule has 0 aromatic heterocycles. The summed E-state index contributed by atoms with van der Waals surface area (Å²) < 4.78 is 0. The molecule has 1 heterocycles. The number of carbonyl (C=O) groups is 3. The number of fused-ring (bicyclic) bond motifs is 1. The fourth-order valence-corrected chi connectivity index (χ4v) is 4.47. The summed E-state index contributed by atoms with van der Waals surface area (Å²) in [5, 5.41) is 4.25. The van der Waals surface area contributed by atoms with Gasteiger partial charge in [-0.15, -0.1) is 0 Å². The molecule has 1 fully saturated rings. The highest BCUT2D eigenvalue weighted by molar-refractivity contribution is 6.05. The van der Waals surface area contributed by atoms with E-state index in [2.05, 4.69) is 47.7 Å². The molecule has 0 radical (unpaired) electrons. The maximum atomic E-state index is 13.0. The predicted octanol–water partition coefficient (Wildman–Crippen LogP) is 3.21. The Balaban J connectivity index is 1.40. The van der Waals surface area contributed by atoms with Crippen LogP contribution in [0.15, 0.2) is 60.7 Å². The number of likely N-dealkylation sites (N-methyl/N-ethyl adjacent to an activating group) is 1. The average molecular weight is 447 g/mol. The van der Waals surface area contributed by atoms with E-state index in [0.717, 1.165) is 12.2 Å². The van der Waals surface area contributed by atoms with Crippen LogP contribution in [0.3, 0.4) is 0 Å². The van der Waals surface area contributed by atoms with E-state index in [1.165, 1.54) is 10.6 Å². The quantitative estimate of drug-likeness (QED) is 0.640. The minimum atomic E-state index is -0.358. The zero-order chi connectivity index (χ0) is 23.4. The number of allylic oxidation sites excluding steroid dienone is 2. The van der Waals surface area contributed by atoms with Gasteiger partial charge in [0.2, 0.25) is 11.8 Å². The van der Waals surface area contributed by atoms with Crippen LogP contribution in [0.4, 0.5) is 11.4 Å². The van der Waals surface area contributed by atoms with Crippen LogP contribution < -0.4 is 20.7 Å². The van der Waals surface area contributed by atoms with Gasteiger partial charge >= 0.3 is 0 Å². The first-order valence-corrected chi connectivity index (χ1v) is 11.5. The van der Waals surface area contributed by atoms with Crippen LogP contribution in [0, 0.1) is 18.8 Å². The summed E-state index contributed by atoms with van der Waals surface area (Å²) >= 11 is 0. The fraction of sp³-hybridized carbons (Fsp3) is 0.346. The topological polar surface area (TPSA) is 81.8 Å². The molecule has 0 spiro atoms. The van der Waals surface area contributed by atoms with Crippen LogP contribution in [0.2, 0.25) is 0 Å². The molecule has 7 heteroatoms. The Morgan fingerprint density at radius 3 is 2.61 bits per heavy atom. The Labute approximate surface area is 194 Å². The maximum Gasteiger partial charge on any atom is 0.251 e. The molecule has 2 N–H and O–H groups in total. The molecule has 3 amide bonds. The van der Waals surface area contributed by atoms with Gasteiger partial charge < -0.3 is 10.2 Å². The Bertz CT molecular complexity index is 1080. The first-order valence-electron chi connectivity index (χ1n) is 11.5. The molecule has 172 valence electrons. The van der Waals surface area contributed by atoms with Crippen molar-refractivity contribution < 1.29 is 14.4 Å². The highest BCUT2D eigenvalue weighted by atomic mass is 16.2. The van der Waals surface area contributed by atoms with Crippen molar-refractivity contribution in [3.8, 4) is 0 Å². The van der Waals surface area contributed by atoms with E-state index in [4.69, 9.17) is 0 Å². The molecule has 2 aromatic carbocycles. The summed E-state index contributed by atoms with van der Waals surface area (Å²) in [6.45, 7) is 6.16. The van der Waals surface area contributed by atoms with Gasteiger partial charge in [0.1, 0.15) is 0 Å². The molecular formula is C26H30N4O3. The zero-order valence-electron chi connectivity index (χ0n) is 19.1. The molecule has 0 bridgehead atoms. The lowest BCUT2D eigenvalue weighted by atomic mass is 9.80. The minimum Gasteiger partial charge on any atom is -0.370 e. The SMILES string of the molecule is CCN(CCNC(=O)c1cccc(N2NC(=O)C3CC=CCC3C2=O)c1)c1cccc(C)c1. The summed E-state index contributed by atoms with van der Waals surface area (Å²) in [4.78, 5) is 40.5. The highest BCUT2D eigenvalue weighted by Crippen LogP contribution is 2.32. The van der Waals surface area contributed by atoms with Crippen LogP contribution in [0.5, 0.6) is 0 Å². The van der Waals surface area contributed by atoms with E-state index in [0.29, 0.717) is 37.2 Å². The second-order valence-corrected chi connectivity index (χ2v) is 8.53. The number of anilines is 2. The summed E-state index contributed by atoms with van der Waals surface area (Å²) in [5.74, 6) is -1.19. The van der Waals surface area contributed by atoms with E-state index in [1.807, 2.05) is 18.2 Å². The number of nitrogens with one attached hydrogen (secondary N) is 2. The summed E-state index contributed by atoms with van der Waals surface area (Å²) in [7, 11) is 0. The number of amides is 3. The van der Waals surface area contributed by atoms with Crippen molar-refractivity contribution in [1.82, 2.24) is 10.7 Å². The largest absolute Gasteiger partial charge is 0.370 e. The maximum absolute atomic E-state index is 13.0. The van der Waals surface area contributed by atoms with E-state index in [-0.39, 0.29) is 29.6 Å². The number of nitrogens with zero attached hydrogens (tertiary/aromatic N) is 2. The molecule has 0 saturated carbocycles. The van der Waals surface area contributed by atoms with Gasteiger partial charge in [0.25, 0.3) is 5.91 Å². The van der Waals surface area contributed by atoms with Crippen molar-refractivity contribution in [1.29, 1.82) is 0 Å². The predicted molar refractivity (Wildman–Crippen MR) is 129 cm³/mol. The molecule has 7 nitrogen and oxygen atoms in total. The normalized spacial score (nSPS) is 19.6. The fourth-order valence-electron chi connectivity index (χ4n) is 4.47. The molecule has 1 aliphatic carbocycles. The molecule has 33 heavy (non-hydrogen) atoms. The smallest absolute Gasteiger partial charge is 0.251 e. The summed E-state index contributed by atoms with van der Waals surface area (Å²) in [6, 6.07) is 15.1. The van der Waals surface area contributed by atoms with Crippen LogP contribution in [-0.2, 0) is 9.59 Å². The van der Waals surface area contributed by atoms with Gasteiger partial charge in [0, 0.05) is 30.9 Å². The number of hydrazine groups is 1. The number of benzene rings is 2. The van der Waals surface area contributed by atoms with Crippen molar-refractivity contribution in [3.05, 3.63) is 71.8 Å².